The van der Waals surface area contributed by atoms with E-state index in [9.17, 15) is 18.9 Å². The lowest BCUT2D eigenvalue weighted by atomic mass is 10.2. The van der Waals surface area contributed by atoms with E-state index in [0.29, 0.717) is 0 Å². The number of anilines is 1. The third-order valence-corrected chi connectivity index (χ3v) is 3.06. The first-order valence-corrected chi connectivity index (χ1v) is 5.84. The molecule has 0 bridgehead atoms. The van der Waals surface area contributed by atoms with Crippen LogP contribution in [0.3, 0.4) is 0 Å². The van der Waals surface area contributed by atoms with E-state index in [1.807, 2.05) is 0 Å². The van der Waals surface area contributed by atoms with Gasteiger partial charge in [-0.3, -0.25) is 10.1 Å². The molecule has 6 nitrogen and oxygen atoms in total. The molecular formula is C10H6Cl2F2N4O2. The van der Waals surface area contributed by atoms with Crippen LogP contribution in [0, 0.1) is 10.1 Å². The summed E-state index contributed by atoms with van der Waals surface area (Å²) in [6, 6.07) is 2.00. The zero-order valence-corrected chi connectivity index (χ0v) is 11.1. The number of nitrogen functional groups attached to an aromatic ring is 1. The number of halogens is 4. The van der Waals surface area contributed by atoms with Gasteiger partial charge in [-0.05, 0) is 12.1 Å². The Morgan fingerprint density at radius 2 is 1.90 bits per heavy atom. The first-order chi connectivity index (χ1) is 9.32. The second kappa shape index (κ2) is 5.22. The Morgan fingerprint density at radius 3 is 2.30 bits per heavy atom. The zero-order chi connectivity index (χ0) is 15.0. The van der Waals surface area contributed by atoms with Gasteiger partial charge in [0.25, 0.3) is 6.43 Å². The zero-order valence-electron chi connectivity index (χ0n) is 9.56. The third kappa shape index (κ3) is 2.39. The lowest BCUT2D eigenvalue weighted by Gasteiger charge is -2.10. The fourth-order valence-electron chi connectivity index (χ4n) is 1.58. The second-order valence-electron chi connectivity index (χ2n) is 3.72. The highest BCUT2D eigenvalue weighted by Gasteiger charge is 2.23. The molecule has 0 radical (unpaired) electrons. The molecule has 2 aromatic rings. The fraction of sp³-hybridized carbons (Fsp3) is 0.100. The molecule has 0 saturated heterocycles. The van der Waals surface area contributed by atoms with Crippen molar-refractivity contribution in [3.05, 3.63) is 44.1 Å². The summed E-state index contributed by atoms with van der Waals surface area (Å²) in [5.41, 5.74) is 4.76. The van der Waals surface area contributed by atoms with E-state index in [-0.39, 0.29) is 27.1 Å². The molecule has 0 fully saturated rings. The summed E-state index contributed by atoms with van der Waals surface area (Å²) in [7, 11) is 0. The van der Waals surface area contributed by atoms with Crippen LogP contribution in [-0.2, 0) is 0 Å². The predicted octanol–water partition coefficient (Wildman–Crippen LogP) is 3.61. The van der Waals surface area contributed by atoms with Crippen molar-refractivity contribution < 1.29 is 13.7 Å². The molecule has 2 rings (SSSR count). The number of nitrogens with zero attached hydrogens (tertiary/aromatic N) is 3. The topological polar surface area (TPSA) is 87.0 Å². The number of hydrogen-bond donors (Lipinski definition) is 1. The number of nitrogens with two attached hydrogens (primary N) is 1. The van der Waals surface area contributed by atoms with Gasteiger partial charge in [0.2, 0.25) is 5.82 Å². The number of aromatic nitrogens is 2. The van der Waals surface area contributed by atoms with Crippen molar-refractivity contribution in [2.24, 2.45) is 0 Å². The van der Waals surface area contributed by atoms with Crippen LogP contribution in [0.25, 0.3) is 5.69 Å². The summed E-state index contributed by atoms with van der Waals surface area (Å²) in [6.45, 7) is 0. The van der Waals surface area contributed by atoms with Crippen molar-refractivity contribution in [3.8, 4) is 5.69 Å². The summed E-state index contributed by atoms with van der Waals surface area (Å²) in [6.07, 6.45) is -1.83. The maximum atomic E-state index is 12.6. The van der Waals surface area contributed by atoms with Crippen LogP contribution >= 0.6 is 23.2 Å². The molecule has 1 aromatic heterocycles. The second-order valence-corrected chi connectivity index (χ2v) is 4.53. The molecule has 20 heavy (non-hydrogen) atoms. The van der Waals surface area contributed by atoms with E-state index in [1.54, 1.807) is 0 Å². The lowest BCUT2D eigenvalue weighted by Crippen LogP contribution is -2.05. The number of benzene rings is 1. The van der Waals surface area contributed by atoms with E-state index in [0.717, 1.165) is 23.0 Å². The van der Waals surface area contributed by atoms with E-state index in [4.69, 9.17) is 28.9 Å². The molecule has 0 aliphatic carbocycles. The predicted molar refractivity (Wildman–Crippen MR) is 69.6 cm³/mol. The highest BCUT2D eigenvalue weighted by Crippen LogP contribution is 2.36. The van der Waals surface area contributed by atoms with Gasteiger partial charge in [-0.2, -0.15) is 5.10 Å². The van der Waals surface area contributed by atoms with Crippen LogP contribution < -0.4 is 5.73 Å². The van der Waals surface area contributed by atoms with Gasteiger partial charge in [-0.25, -0.2) is 13.5 Å². The van der Waals surface area contributed by atoms with Crippen LogP contribution in [-0.4, -0.2) is 14.7 Å². The Morgan fingerprint density at radius 1 is 1.35 bits per heavy atom. The van der Waals surface area contributed by atoms with Crippen molar-refractivity contribution in [1.29, 1.82) is 0 Å². The molecule has 0 spiro atoms. The third-order valence-electron chi connectivity index (χ3n) is 2.49. The van der Waals surface area contributed by atoms with Crippen molar-refractivity contribution in [1.82, 2.24) is 9.78 Å². The molecule has 0 saturated carbocycles. The van der Waals surface area contributed by atoms with Crippen LogP contribution in [0.5, 0.6) is 0 Å². The summed E-state index contributed by atoms with van der Waals surface area (Å²) in [4.78, 5) is 9.96. The minimum absolute atomic E-state index is 0.00309. The Labute approximate surface area is 120 Å². The summed E-state index contributed by atoms with van der Waals surface area (Å²) < 4.78 is 26.1. The number of rotatable bonds is 3. The average Bonchev–Trinajstić information content (AvgIpc) is 2.70. The molecule has 1 aromatic carbocycles. The van der Waals surface area contributed by atoms with Gasteiger partial charge in [-0.1, -0.05) is 23.2 Å². The molecule has 0 atom stereocenters. The van der Waals surface area contributed by atoms with E-state index >= 15 is 0 Å². The van der Waals surface area contributed by atoms with Gasteiger partial charge < -0.3 is 5.73 Å². The smallest absolute Gasteiger partial charge is 0.331 e. The molecule has 0 aliphatic rings. The summed E-state index contributed by atoms with van der Waals surface area (Å²) in [5.74, 6) is -0.302. The van der Waals surface area contributed by atoms with Gasteiger partial charge >= 0.3 is 5.69 Å². The normalized spacial score (nSPS) is 11.1. The van der Waals surface area contributed by atoms with Gasteiger partial charge in [0.1, 0.15) is 11.9 Å². The monoisotopic (exact) mass is 322 g/mol. The Hall–Kier alpha value is -1.93. The van der Waals surface area contributed by atoms with Crippen molar-refractivity contribution >= 4 is 34.7 Å². The minimum Gasteiger partial charge on any atom is -0.378 e. The van der Waals surface area contributed by atoms with Crippen LogP contribution in [0.1, 0.15) is 12.0 Å². The van der Waals surface area contributed by atoms with Gasteiger partial charge in [0.05, 0.1) is 15.0 Å². The van der Waals surface area contributed by atoms with Crippen LogP contribution in [0.15, 0.2) is 18.3 Å². The van der Waals surface area contributed by atoms with Gasteiger partial charge in [0.15, 0.2) is 0 Å². The molecule has 0 aliphatic heterocycles. The SMILES string of the molecule is Nc1c([N+](=O)[O-])cnn1-c1c(Cl)cc(C(F)F)cc1Cl. The standard InChI is InChI=1S/C10H6Cl2F2N4O2/c11-5-1-4(9(13)14)2-6(12)8(5)17-10(15)7(3-16-17)18(19)20/h1-3,9H,15H2. The van der Waals surface area contributed by atoms with Crippen LogP contribution in [0.2, 0.25) is 10.0 Å². The van der Waals surface area contributed by atoms with Crippen molar-refractivity contribution in [3.63, 3.8) is 0 Å². The summed E-state index contributed by atoms with van der Waals surface area (Å²) in [5, 5.41) is 14.1. The number of nitro groups is 1. The van der Waals surface area contributed by atoms with Crippen molar-refractivity contribution in [2.45, 2.75) is 6.43 Å². The molecule has 0 amide bonds. The van der Waals surface area contributed by atoms with E-state index in [2.05, 4.69) is 5.10 Å². The largest absolute Gasteiger partial charge is 0.378 e. The molecule has 0 unspecified atom stereocenters. The minimum atomic E-state index is -2.75. The van der Waals surface area contributed by atoms with Crippen molar-refractivity contribution in [2.75, 3.05) is 5.73 Å². The quantitative estimate of drug-likeness (QED) is 0.690. The molecule has 2 N–H and O–H groups in total. The average molecular weight is 323 g/mol. The number of hydrogen-bond acceptors (Lipinski definition) is 4. The maximum absolute atomic E-state index is 12.6. The van der Waals surface area contributed by atoms with E-state index in [1.165, 1.54) is 0 Å². The first-order valence-electron chi connectivity index (χ1n) is 5.08. The Kier molecular flexibility index (Phi) is 3.78. The Bertz CT molecular complexity index is 667. The number of alkyl halides is 2. The van der Waals surface area contributed by atoms with E-state index < -0.39 is 17.0 Å². The molecule has 106 valence electrons. The summed E-state index contributed by atoms with van der Waals surface area (Å²) >= 11 is 11.7. The molecular weight excluding hydrogens is 317 g/mol. The molecule has 1 heterocycles. The van der Waals surface area contributed by atoms with Gasteiger partial charge in [-0.15, -0.1) is 0 Å². The lowest BCUT2D eigenvalue weighted by molar-refractivity contribution is -0.383. The Balaban J connectivity index is 2.62. The highest BCUT2D eigenvalue weighted by atomic mass is 35.5. The highest BCUT2D eigenvalue weighted by molar-refractivity contribution is 6.37. The first kappa shape index (κ1) is 14.5. The van der Waals surface area contributed by atoms with Gasteiger partial charge in [0, 0.05) is 5.56 Å². The maximum Gasteiger partial charge on any atom is 0.331 e. The molecule has 10 heteroatoms. The fourth-order valence-corrected chi connectivity index (χ4v) is 2.25. The van der Waals surface area contributed by atoms with Crippen LogP contribution in [0.4, 0.5) is 20.3 Å².